The van der Waals surface area contributed by atoms with E-state index >= 15 is 0 Å². The maximum Gasteiger partial charge on any atom is 0.244 e. The Kier molecular flexibility index (Phi) is 4.51. The highest BCUT2D eigenvalue weighted by Crippen LogP contribution is 2.47. The number of aryl methyl sites for hydroxylation is 3. The van der Waals surface area contributed by atoms with Crippen LogP contribution in [0, 0.1) is 32.1 Å². The molecule has 3 aromatic rings. The fourth-order valence-electron chi connectivity index (χ4n) is 4.16. The normalized spacial score (nSPS) is 15.5. The molecule has 0 radical (unpaired) electrons. The van der Waals surface area contributed by atoms with Crippen molar-refractivity contribution in [3.63, 3.8) is 0 Å². The molecule has 1 atom stereocenters. The van der Waals surface area contributed by atoms with Gasteiger partial charge < -0.3 is 15.2 Å². The number of allylic oxidation sites excluding steroid dienone is 1. The maximum atomic E-state index is 9.91. The minimum atomic E-state index is -0.361. The van der Waals surface area contributed by atoms with Gasteiger partial charge >= 0.3 is 0 Å². The maximum absolute atomic E-state index is 9.91. The first-order valence-corrected chi connectivity index (χ1v) is 9.32. The van der Waals surface area contributed by atoms with Gasteiger partial charge in [0.15, 0.2) is 0 Å². The molecule has 0 aliphatic carbocycles. The Morgan fingerprint density at radius 3 is 2.34 bits per heavy atom. The van der Waals surface area contributed by atoms with Gasteiger partial charge in [0.2, 0.25) is 11.8 Å². The van der Waals surface area contributed by atoms with E-state index in [0.717, 1.165) is 39.3 Å². The number of nitrogens with zero attached hydrogens (tertiary/aromatic N) is 2. The summed E-state index contributed by atoms with van der Waals surface area (Å²) >= 11 is 0. The van der Waals surface area contributed by atoms with Crippen molar-refractivity contribution in [3.8, 4) is 29.0 Å². The topological polar surface area (TPSA) is 97.0 Å². The fourth-order valence-corrected chi connectivity index (χ4v) is 4.16. The molecular weight excluding hydrogens is 364 g/mol. The van der Waals surface area contributed by atoms with E-state index in [-0.39, 0.29) is 11.8 Å². The monoisotopic (exact) mass is 386 g/mol. The van der Waals surface area contributed by atoms with Crippen molar-refractivity contribution < 1.29 is 9.47 Å². The fraction of sp³-hybridized carbons (Fsp3) is 0.217. The number of aromatic amines is 1. The molecule has 0 spiro atoms. The third kappa shape index (κ3) is 3.01. The molecule has 0 bridgehead atoms. The number of nitrogens with one attached hydrogen (secondary N) is 1. The molecule has 2 heterocycles. The highest BCUT2D eigenvalue weighted by Gasteiger charge is 2.37. The number of nitrogens with two attached hydrogens (primary N) is 1. The van der Waals surface area contributed by atoms with Crippen LogP contribution in [0.2, 0.25) is 0 Å². The summed E-state index contributed by atoms with van der Waals surface area (Å²) in [5, 5.41) is 17.3. The van der Waals surface area contributed by atoms with E-state index in [1.807, 2.05) is 24.3 Å². The van der Waals surface area contributed by atoms with Gasteiger partial charge in [0, 0.05) is 5.56 Å². The number of fused-ring (bicyclic) bond motifs is 1. The second kappa shape index (κ2) is 7.02. The zero-order valence-electron chi connectivity index (χ0n) is 16.8. The van der Waals surface area contributed by atoms with Gasteiger partial charge in [-0.3, -0.25) is 5.10 Å². The summed E-state index contributed by atoms with van der Waals surface area (Å²) < 4.78 is 11.0. The second-order valence-corrected chi connectivity index (χ2v) is 7.28. The van der Waals surface area contributed by atoms with Gasteiger partial charge in [0.05, 0.1) is 24.3 Å². The smallest absolute Gasteiger partial charge is 0.244 e. The predicted octanol–water partition coefficient (Wildman–Crippen LogP) is 4.23. The van der Waals surface area contributed by atoms with E-state index < -0.39 is 0 Å². The summed E-state index contributed by atoms with van der Waals surface area (Å²) in [6.07, 6.45) is 0. The van der Waals surface area contributed by atoms with Crippen LogP contribution < -0.4 is 15.2 Å². The molecule has 2 aromatic carbocycles. The number of H-pyrrole nitrogens is 1. The Morgan fingerprint density at radius 1 is 1.10 bits per heavy atom. The van der Waals surface area contributed by atoms with Crippen molar-refractivity contribution in [2.24, 2.45) is 5.73 Å². The third-order valence-electron chi connectivity index (χ3n) is 5.34. The minimum Gasteiger partial charge on any atom is -0.497 e. The van der Waals surface area contributed by atoms with Crippen LogP contribution in [0.1, 0.15) is 33.7 Å². The van der Waals surface area contributed by atoms with Crippen molar-refractivity contribution in [2.45, 2.75) is 26.7 Å². The molecule has 6 nitrogen and oxygen atoms in total. The van der Waals surface area contributed by atoms with Crippen molar-refractivity contribution in [2.75, 3.05) is 7.11 Å². The quantitative estimate of drug-likeness (QED) is 0.702. The summed E-state index contributed by atoms with van der Waals surface area (Å²) in [4.78, 5) is 0. The highest BCUT2D eigenvalue weighted by molar-refractivity contribution is 5.72. The zero-order chi connectivity index (χ0) is 20.7. The first kappa shape index (κ1) is 18.6. The number of aromatic nitrogens is 2. The molecule has 4 rings (SSSR count). The SMILES string of the molecule is COc1ccc(-c2[nH]nc3c2[C@@H](c2c(C)cc(C)cc2C)C(C#N)=C(N)O3)cc1. The molecule has 0 saturated carbocycles. The average Bonchev–Trinajstić information content (AvgIpc) is 3.10. The van der Waals surface area contributed by atoms with Gasteiger partial charge in [0.25, 0.3) is 0 Å². The molecule has 0 fully saturated rings. The predicted molar refractivity (Wildman–Crippen MR) is 111 cm³/mol. The summed E-state index contributed by atoms with van der Waals surface area (Å²) in [6.45, 7) is 6.18. The third-order valence-corrected chi connectivity index (χ3v) is 5.34. The largest absolute Gasteiger partial charge is 0.497 e. The number of rotatable bonds is 3. The lowest BCUT2D eigenvalue weighted by atomic mass is 9.79. The van der Waals surface area contributed by atoms with Gasteiger partial charge in [-0.2, -0.15) is 5.26 Å². The molecule has 146 valence electrons. The van der Waals surface area contributed by atoms with Crippen LogP contribution in [0.15, 0.2) is 47.9 Å². The van der Waals surface area contributed by atoms with E-state index in [4.69, 9.17) is 15.2 Å². The van der Waals surface area contributed by atoms with E-state index in [9.17, 15) is 5.26 Å². The minimum absolute atomic E-state index is 0.0946. The molecule has 29 heavy (non-hydrogen) atoms. The molecule has 1 aromatic heterocycles. The lowest BCUT2D eigenvalue weighted by Gasteiger charge is -2.27. The molecule has 0 unspecified atom stereocenters. The molecule has 3 N–H and O–H groups in total. The van der Waals surface area contributed by atoms with Gasteiger partial charge in [-0.15, -0.1) is 5.10 Å². The first-order chi connectivity index (χ1) is 13.9. The molecule has 6 heteroatoms. The Morgan fingerprint density at radius 2 is 1.76 bits per heavy atom. The number of methoxy groups -OCH3 is 1. The van der Waals surface area contributed by atoms with Crippen LogP contribution in [0.5, 0.6) is 11.6 Å². The number of hydrogen-bond donors (Lipinski definition) is 2. The Balaban J connectivity index is 1.97. The summed E-state index contributed by atoms with van der Waals surface area (Å²) in [5.41, 5.74) is 13.5. The number of benzene rings is 2. The van der Waals surface area contributed by atoms with Crippen LogP contribution in [-0.2, 0) is 0 Å². The van der Waals surface area contributed by atoms with Crippen LogP contribution in [-0.4, -0.2) is 17.3 Å². The van der Waals surface area contributed by atoms with E-state index in [0.29, 0.717) is 11.5 Å². The van der Waals surface area contributed by atoms with Crippen LogP contribution in [0.3, 0.4) is 0 Å². The van der Waals surface area contributed by atoms with Gasteiger partial charge in [0.1, 0.15) is 17.4 Å². The Hall–Kier alpha value is -3.72. The highest BCUT2D eigenvalue weighted by atomic mass is 16.5. The Labute approximate surface area is 169 Å². The average molecular weight is 386 g/mol. The number of ether oxygens (including phenoxy) is 2. The standard InChI is InChI=1S/C23H22N4O2/c1-12-9-13(2)18(14(3)10-12)19-17(11-24)22(25)29-23-20(19)21(26-27-23)15-5-7-16(28-4)8-6-15/h5-10,19H,25H2,1-4H3,(H,26,27)/t19-/m1/s1. The lowest BCUT2D eigenvalue weighted by Crippen LogP contribution is -2.22. The van der Waals surface area contributed by atoms with E-state index in [2.05, 4.69) is 49.2 Å². The van der Waals surface area contributed by atoms with Gasteiger partial charge in [-0.25, -0.2) is 0 Å². The van der Waals surface area contributed by atoms with Crippen molar-refractivity contribution in [3.05, 3.63) is 75.7 Å². The lowest BCUT2D eigenvalue weighted by molar-refractivity contribution is 0.379. The van der Waals surface area contributed by atoms with Crippen LogP contribution in [0.25, 0.3) is 11.3 Å². The van der Waals surface area contributed by atoms with Gasteiger partial charge in [-0.05, 0) is 61.7 Å². The van der Waals surface area contributed by atoms with Crippen molar-refractivity contribution in [1.82, 2.24) is 10.2 Å². The molecular formula is C23H22N4O2. The van der Waals surface area contributed by atoms with E-state index in [1.165, 1.54) is 5.56 Å². The van der Waals surface area contributed by atoms with Crippen LogP contribution in [0.4, 0.5) is 0 Å². The zero-order valence-corrected chi connectivity index (χ0v) is 16.8. The molecule has 0 saturated heterocycles. The van der Waals surface area contributed by atoms with Crippen LogP contribution >= 0.6 is 0 Å². The number of hydrogen-bond acceptors (Lipinski definition) is 5. The van der Waals surface area contributed by atoms with Crippen molar-refractivity contribution >= 4 is 0 Å². The van der Waals surface area contributed by atoms with Crippen molar-refractivity contribution in [1.29, 1.82) is 5.26 Å². The summed E-state index contributed by atoms with van der Waals surface area (Å²) in [5.74, 6) is 0.899. The van der Waals surface area contributed by atoms with E-state index in [1.54, 1.807) is 7.11 Å². The molecule has 1 aliphatic rings. The Bertz CT molecular complexity index is 1140. The van der Waals surface area contributed by atoms with Gasteiger partial charge in [-0.1, -0.05) is 17.7 Å². The molecule has 0 amide bonds. The molecule has 1 aliphatic heterocycles. The summed E-state index contributed by atoms with van der Waals surface area (Å²) in [6, 6.07) is 14.2. The second-order valence-electron chi connectivity index (χ2n) is 7.28. The first-order valence-electron chi connectivity index (χ1n) is 9.32. The summed E-state index contributed by atoms with van der Waals surface area (Å²) in [7, 11) is 1.63. The number of nitriles is 1.